The van der Waals surface area contributed by atoms with Crippen molar-refractivity contribution in [2.45, 2.75) is 19.9 Å². The predicted molar refractivity (Wildman–Crippen MR) is 91.0 cm³/mol. The number of nitrogens with zero attached hydrogens (tertiary/aromatic N) is 3. The quantitative estimate of drug-likeness (QED) is 0.909. The standard InChI is InChI=1S/C18H22N4/c1-13-7-5-8-15(11-13)17-16(12-21(3)22(17)4)14(2)18-19-9-6-10-20-18/h5-12,17,19H,1-4H3/b18-14-. The van der Waals surface area contributed by atoms with Crippen LogP contribution in [0.15, 0.2) is 64.7 Å². The number of hydrazine groups is 1. The van der Waals surface area contributed by atoms with Crippen molar-refractivity contribution in [3.8, 4) is 0 Å². The van der Waals surface area contributed by atoms with E-state index in [-0.39, 0.29) is 6.04 Å². The summed E-state index contributed by atoms with van der Waals surface area (Å²) in [6.45, 7) is 4.26. The normalized spacial score (nSPS) is 23.5. The van der Waals surface area contributed by atoms with Gasteiger partial charge in [-0.2, -0.15) is 0 Å². The Morgan fingerprint density at radius 3 is 2.77 bits per heavy atom. The van der Waals surface area contributed by atoms with E-state index in [4.69, 9.17) is 0 Å². The van der Waals surface area contributed by atoms with Crippen molar-refractivity contribution in [2.24, 2.45) is 4.99 Å². The Morgan fingerprint density at radius 2 is 2.09 bits per heavy atom. The highest BCUT2D eigenvalue weighted by Crippen LogP contribution is 2.38. The minimum absolute atomic E-state index is 0.209. The fourth-order valence-electron chi connectivity index (χ4n) is 2.95. The molecule has 114 valence electrons. The van der Waals surface area contributed by atoms with Crippen molar-refractivity contribution in [2.75, 3.05) is 14.1 Å². The second-order valence-corrected chi connectivity index (χ2v) is 5.80. The van der Waals surface area contributed by atoms with Gasteiger partial charge >= 0.3 is 0 Å². The summed E-state index contributed by atoms with van der Waals surface area (Å²) < 4.78 is 0. The fraction of sp³-hybridized carbons (Fsp3) is 0.278. The highest BCUT2D eigenvalue weighted by Gasteiger charge is 2.31. The average Bonchev–Trinajstić information content (AvgIpc) is 2.83. The van der Waals surface area contributed by atoms with Crippen LogP contribution >= 0.6 is 0 Å². The molecule has 0 saturated heterocycles. The third-order valence-corrected chi connectivity index (χ3v) is 4.24. The van der Waals surface area contributed by atoms with E-state index >= 15 is 0 Å². The SMILES string of the molecule is C/C(C1=CN(C)N(C)C1c1cccc(C)c1)=C1/N=CC=CN1. The summed E-state index contributed by atoms with van der Waals surface area (Å²) in [6.07, 6.45) is 7.82. The van der Waals surface area contributed by atoms with E-state index in [1.165, 1.54) is 22.3 Å². The molecular weight excluding hydrogens is 272 g/mol. The summed E-state index contributed by atoms with van der Waals surface area (Å²) in [4.78, 5) is 4.45. The predicted octanol–water partition coefficient (Wildman–Crippen LogP) is 3.13. The van der Waals surface area contributed by atoms with E-state index < -0.39 is 0 Å². The summed E-state index contributed by atoms with van der Waals surface area (Å²) in [5.74, 6) is 0.912. The molecule has 1 unspecified atom stereocenters. The number of aliphatic imine (C=N–C) groups is 1. The first-order chi connectivity index (χ1) is 10.6. The Morgan fingerprint density at radius 1 is 1.27 bits per heavy atom. The van der Waals surface area contributed by atoms with Gasteiger partial charge in [-0.25, -0.2) is 10.0 Å². The number of rotatable bonds is 2. The van der Waals surface area contributed by atoms with Crippen LogP contribution in [0.2, 0.25) is 0 Å². The summed E-state index contributed by atoms with van der Waals surface area (Å²) in [5.41, 5.74) is 5.02. The Kier molecular flexibility index (Phi) is 3.86. The summed E-state index contributed by atoms with van der Waals surface area (Å²) >= 11 is 0. The third kappa shape index (κ3) is 2.57. The van der Waals surface area contributed by atoms with Gasteiger partial charge in [0.2, 0.25) is 0 Å². The molecule has 1 aromatic rings. The number of aryl methyl sites for hydroxylation is 1. The zero-order valence-corrected chi connectivity index (χ0v) is 13.5. The molecule has 2 heterocycles. The number of allylic oxidation sites excluding steroid dienone is 1. The molecule has 1 N–H and O–H groups in total. The molecular formula is C18H22N4. The average molecular weight is 294 g/mol. The second kappa shape index (κ2) is 5.81. The fourth-order valence-corrected chi connectivity index (χ4v) is 2.95. The van der Waals surface area contributed by atoms with Crippen molar-refractivity contribution in [1.82, 2.24) is 15.3 Å². The van der Waals surface area contributed by atoms with Crippen LogP contribution < -0.4 is 5.32 Å². The van der Waals surface area contributed by atoms with Gasteiger partial charge in [0.15, 0.2) is 0 Å². The Bertz CT molecular complexity index is 697. The molecule has 0 fully saturated rings. The summed E-state index contributed by atoms with van der Waals surface area (Å²) in [7, 11) is 4.19. The van der Waals surface area contributed by atoms with Crippen molar-refractivity contribution in [3.05, 3.63) is 70.8 Å². The lowest BCUT2D eigenvalue weighted by Crippen LogP contribution is -2.31. The lowest BCUT2D eigenvalue weighted by Gasteiger charge is -2.28. The molecule has 4 nitrogen and oxygen atoms in total. The highest BCUT2D eigenvalue weighted by atomic mass is 15.6. The monoisotopic (exact) mass is 294 g/mol. The van der Waals surface area contributed by atoms with Crippen LogP contribution in [0.5, 0.6) is 0 Å². The van der Waals surface area contributed by atoms with Crippen LogP contribution in [-0.2, 0) is 0 Å². The molecule has 0 aliphatic carbocycles. The van der Waals surface area contributed by atoms with Gasteiger partial charge in [-0.1, -0.05) is 29.8 Å². The molecule has 1 atom stereocenters. The van der Waals surface area contributed by atoms with E-state index in [2.05, 4.69) is 78.7 Å². The molecule has 1 aromatic carbocycles. The largest absolute Gasteiger partial charge is 0.346 e. The molecule has 0 bridgehead atoms. The topological polar surface area (TPSA) is 30.9 Å². The van der Waals surface area contributed by atoms with Crippen molar-refractivity contribution < 1.29 is 0 Å². The first kappa shape index (κ1) is 14.6. The van der Waals surface area contributed by atoms with Crippen molar-refractivity contribution in [3.63, 3.8) is 0 Å². The number of hydrogen-bond donors (Lipinski definition) is 1. The molecule has 0 saturated carbocycles. The zero-order chi connectivity index (χ0) is 15.7. The lowest BCUT2D eigenvalue weighted by molar-refractivity contribution is 0.0720. The molecule has 22 heavy (non-hydrogen) atoms. The number of likely N-dealkylation sites (N-methyl/N-ethyl adjacent to an activating group) is 1. The van der Waals surface area contributed by atoms with E-state index in [1.54, 1.807) is 0 Å². The van der Waals surface area contributed by atoms with Crippen LogP contribution in [0.4, 0.5) is 0 Å². The van der Waals surface area contributed by atoms with Crippen molar-refractivity contribution in [1.29, 1.82) is 0 Å². The Balaban J connectivity index is 2.03. The van der Waals surface area contributed by atoms with Gasteiger partial charge in [0, 0.05) is 32.7 Å². The molecule has 0 spiro atoms. The van der Waals surface area contributed by atoms with Gasteiger partial charge < -0.3 is 10.3 Å². The first-order valence-electron chi connectivity index (χ1n) is 7.49. The van der Waals surface area contributed by atoms with Gasteiger partial charge in [-0.05, 0) is 36.6 Å². The van der Waals surface area contributed by atoms with E-state index in [1.807, 2.05) is 18.5 Å². The minimum Gasteiger partial charge on any atom is -0.346 e. The number of benzene rings is 1. The van der Waals surface area contributed by atoms with Gasteiger partial charge in [0.05, 0.1) is 6.04 Å². The van der Waals surface area contributed by atoms with Crippen molar-refractivity contribution >= 4 is 6.21 Å². The third-order valence-electron chi connectivity index (χ3n) is 4.24. The van der Waals surface area contributed by atoms with Gasteiger partial charge in [-0.3, -0.25) is 0 Å². The minimum atomic E-state index is 0.209. The zero-order valence-electron chi connectivity index (χ0n) is 13.5. The van der Waals surface area contributed by atoms with E-state index in [9.17, 15) is 0 Å². The maximum atomic E-state index is 4.45. The molecule has 3 rings (SSSR count). The molecule has 0 aromatic heterocycles. The van der Waals surface area contributed by atoms with Crippen LogP contribution in [0.25, 0.3) is 0 Å². The lowest BCUT2D eigenvalue weighted by atomic mass is 9.94. The summed E-state index contributed by atoms with van der Waals surface area (Å²) in [6, 6.07) is 8.91. The van der Waals surface area contributed by atoms with Gasteiger partial charge in [0.25, 0.3) is 0 Å². The second-order valence-electron chi connectivity index (χ2n) is 5.80. The van der Waals surface area contributed by atoms with Crippen LogP contribution in [0.3, 0.4) is 0 Å². The molecule has 2 aliphatic heterocycles. The number of nitrogens with one attached hydrogen (secondary N) is 1. The Hall–Kier alpha value is -2.33. The van der Waals surface area contributed by atoms with Crippen LogP contribution in [-0.4, -0.2) is 30.3 Å². The molecule has 0 radical (unpaired) electrons. The molecule has 4 heteroatoms. The Labute approximate surface area is 132 Å². The highest BCUT2D eigenvalue weighted by molar-refractivity contribution is 5.73. The summed E-state index contributed by atoms with van der Waals surface area (Å²) in [5, 5.41) is 7.61. The first-order valence-corrected chi connectivity index (χ1v) is 7.49. The van der Waals surface area contributed by atoms with Gasteiger partial charge in [0.1, 0.15) is 5.82 Å². The molecule has 0 amide bonds. The van der Waals surface area contributed by atoms with E-state index in [0.717, 1.165) is 5.82 Å². The van der Waals surface area contributed by atoms with E-state index in [0.29, 0.717) is 0 Å². The van der Waals surface area contributed by atoms with Crippen LogP contribution in [0, 0.1) is 6.92 Å². The molecule has 2 aliphatic rings. The number of hydrogen-bond acceptors (Lipinski definition) is 4. The maximum Gasteiger partial charge on any atom is 0.133 e. The van der Waals surface area contributed by atoms with Crippen LogP contribution in [0.1, 0.15) is 24.1 Å². The van der Waals surface area contributed by atoms with Gasteiger partial charge in [-0.15, -0.1) is 0 Å². The smallest absolute Gasteiger partial charge is 0.133 e. The maximum absolute atomic E-state index is 4.45.